The summed E-state index contributed by atoms with van der Waals surface area (Å²) in [4.78, 5) is 8.53. The third-order valence-corrected chi connectivity index (χ3v) is 4.11. The van der Waals surface area contributed by atoms with E-state index in [4.69, 9.17) is 4.99 Å². The number of nitrogens with one attached hydrogen (secondary N) is 1. The van der Waals surface area contributed by atoms with E-state index in [1.54, 1.807) is 0 Å². The number of hydrogen-bond acceptors (Lipinski definition) is 1. The van der Waals surface area contributed by atoms with Crippen molar-refractivity contribution in [1.29, 1.82) is 0 Å². The molecular weight excluding hydrogens is 256 g/mol. The molecule has 0 bridgehead atoms. The van der Waals surface area contributed by atoms with Gasteiger partial charge in [0.15, 0.2) is 0 Å². The Morgan fingerprint density at radius 3 is 3.05 bits per heavy atom. The third kappa shape index (κ3) is 2.00. The van der Waals surface area contributed by atoms with Crippen molar-refractivity contribution in [1.82, 2.24) is 4.98 Å². The molecule has 1 aromatic heterocycles. The number of allylic oxidation sites excluding steroid dienone is 1. The van der Waals surface area contributed by atoms with Crippen molar-refractivity contribution in [2.45, 2.75) is 26.3 Å². The molecule has 4 rings (SSSR count). The molecular formula is C19H18N2. The second-order valence-electron chi connectivity index (χ2n) is 6.21. The second-order valence-corrected chi connectivity index (χ2v) is 6.21. The molecule has 0 radical (unpaired) electrons. The van der Waals surface area contributed by atoms with Gasteiger partial charge in [0.25, 0.3) is 0 Å². The van der Waals surface area contributed by atoms with Gasteiger partial charge in [0.1, 0.15) is 0 Å². The zero-order valence-electron chi connectivity index (χ0n) is 12.4. The Morgan fingerprint density at radius 1 is 1.29 bits per heavy atom. The van der Waals surface area contributed by atoms with Gasteiger partial charge in [-0.1, -0.05) is 32.1 Å². The highest BCUT2D eigenvalue weighted by Gasteiger charge is 2.14. The first-order valence-electron chi connectivity index (χ1n) is 7.56. The summed E-state index contributed by atoms with van der Waals surface area (Å²) in [6.45, 7) is 4.50. The zero-order chi connectivity index (χ0) is 14.4. The van der Waals surface area contributed by atoms with Crippen LogP contribution < -0.4 is 10.7 Å². The summed E-state index contributed by atoms with van der Waals surface area (Å²) in [5.41, 5.74) is 6.84. The number of rotatable bonds is 2. The van der Waals surface area contributed by atoms with Gasteiger partial charge in [-0.05, 0) is 42.2 Å². The SMILES string of the molecule is CC(C)CC1C=CC=c2[nH]c3ccc4c(c3c2=N1)C=C=C4. The quantitative estimate of drug-likeness (QED) is 0.695. The molecule has 2 nitrogen and oxygen atoms in total. The predicted octanol–water partition coefficient (Wildman–Crippen LogP) is 3.19. The van der Waals surface area contributed by atoms with Crippen LogP contribution in [0.5, 0.6) is 0 Å². The van der Waals surface area contributed by atoms with Crippen molar-refractivity contribution in [2.24, 2.45) is 10.9 Å². The summed E-state index contributed by atoms with van der Waals surface area (Å²) >= 11 is 0. The molecule has 1 unspecified atom stereocenters. The van der Waals surface area contributed by atoms with Crippen LogP contribution in [0.3, 0.4) is 0 Å². The molecule has 104 valence electrons. The van der Waals surface area contributed by atoms with Gasteiger partial charge in [-0.25, -0.2) is 0 Å². The van der Waals surface area contributed by atoms with Gasteiger partial charge < -0.3 is 4.98 Å². The number of H-pyrrole nitrogens is 1. The minimum Gasteiger partial charge on any atom is -0.353 e. The van der Waals surface area contributed by atoms with E-state index in [-0.39, 0.29) is 6.04 Å². The van der Waals surface area contributed by atoms with Gasteiger partial charge in [-0.3, -0.25) is 4.99 Å². The summed E-state index contributed by atoms with van der Waals surface area (Å²) in [6.07, 6.45) is 11.7. The molecule has 0 saturated heterocycles. The van der Waals surface area contributed by atoms with Crippen molar-refractivity contribution >= 4 is 29.1 Å². The molecule has 0 amide bonds. The maximum Gasteiger partial charge on any atom is 0.0916 e. The Balaban J connectivity index is 2.02. The van der Waals surface area contributed by atoms with Crippen molar-refractivity contribution < 1.29 is 0 Å². The minimum absolute atomic E-state index is 0.260. The van der Waals surface area contributed by atoms with Gasteiger partial charge in [0, 0.05) is 16.5 Å². The van der Waals surface area contributed by atoms with E-state index >= 15 is 0 Å². The van der Waals surface area contributed by atoms with Gasteiger partial charge in [0.05, 0.1) is 16.7 Å². The van der Waals surface area contributed by atoms with Crippen molar-refractivity contribution in [3.8, 4) is 0 Å². The Morgan fingerprint density at radius 2 is 2.19 bits per heavy atom. The molecule has 1 atom stereocenters. The summed E-state index contributed by atoms with van der Waals surface area (Å²) < 4.78 is 0. The monoisotopic (exact) mass is 274 g/mol. The zero-order valence-corrected chi connectivity index (χ0v) is 12.4. The molecule has 0 saturated carbocycles. The van der Waals surface area contributed by atoms with Crippen LogP contribution in [-0.4, -0.2) is 11.0 Å². The molecule has 1 aromatic carbocycles. The van der Waals surface area contributed by atoms with Gasteiger partial charge in [-0.15, -0.1) is 5.73 Å². The molecule has 1 aliphatic heterocycles. The second kappa shape index (κ2) is 4.61. The van der Waals surface area contributed by atoms with Crippen molar-refractivity contribution in [3.05, 3.63) is 51.8 Å². The van der Waals surface area contributed by atoms with Crippen LogP contribution in [0.15, 0.2) is 35.0 Å². The maximum atomic E-state index is 5.03. The molecule has 2 aromatic rings. The molecule has 1 aliphatic carbocycles. The average Bonchev–Trinajstić information content (AvgIpc) is 2.98. The third-order valence-electron chi connectivity index (χ3n) is 4.11. The topological polar surface area (TPSA) is 28.1 Å². The lowest BCUT2D eigenvalue weighted by Crippen LogP contribution is -2.24. The Hall–Kier alpha value is -2.31. The molecule has 1 N–H and O–H groups in total. The molecule has 2 aliphatic rings. The van der Waals surface area contributed by atoms with Crippen LogP contribution in [0.1, 0.15) is 31.4 Å². The fraction of sp³-hybridized carbons (Fsp3) is 0.263. The highest BCUT2D eigenvalue weighted by atomic mass is 14.8. The Bertz CT molecular complexity index is 932. The first-order valence-corrected chi connectivity index (χ1v) is 7.56. The number of aromatic amines is 1. The summed E-state index contributed by atoms with van der Waals surface area (Å²) in [7, 11) is 0. The standard InChI is InChI=1S/C19H18N2/c1-12(2)11-14-6-4-8-17-19(20-14)18-15-7-3-5-13(15)9-10-16(18)21-17/h4-10,12,14,21H,11H2,1-2H3. The van der Waals surface area contributed by atoms with E-state index in [0.717, 1.165) is 22.6 Å². The fourth-order valence-electron chi connectivity index (χ4n) is 3.19. The van der Waals surface area contributed by atoms with E-state index in [1.807, 2.05) is 6.08 Å². The van der Waals surface area contributed by atoms with Gasteiger partial charge in [-0.2, -0.15) is 0 Å². The molecule has 0 fully saturated rings. The normalized spacial score (nSPS) is 18.5. The van der Waals surface area contributed by atoms with E-state index in [9.17, 15) is 0 Å². The molecule has 0 spiro atoms. The van der Waals surface area contributed by atoms with Crippen LogP contribution in [0, 0.1) is 5.92 Å². The summed E-state index contributed by atoms with van der Waals surface area (Å²) in [5.74, 6) is 0.641. The van der Waals surface area contributed by atoms with Gasteiger partial charge in [0.2, 0.25) is 0 Å². The number of nitrogens with zero attached hydrogens (tertiary/aromatic N) is 1. The maximum absolute atomic E-state index is 5.03. The van der Waals surface area contributed by atoms with Gasteiger partial charge >= 0.3 is 0 Å². The lowest BCUT2D eigenvalue weighted by molar-refractivity contribution is 0.542. The largest absolute Gasteiger partial charge is 0.353 e. The first kappa shape index (κ1) is 12.4. The summed E-state index contributed by atoms with van der Waals surface area (Å²) in [5, 5.41) is 3.45. The van der Waals surface area contributed by atoms with Crippen LogP contribution in [0.4, 0.5) is 0 Å². The highest BCUT2D eigenvalue weighted by Crippen LogP contribution is 2.24. The first-order chi connectivity index (χ1) is 10.2. The fourth-order valence-corrected chi connectivity index (χ4v) is 3.19. The number of hydrogen-bond donors (Lipinski definition) is 1. The Kier molecular flexibility index (Phi) is 2.73. The van der Waals surface area contributed by atoms with Crippen molar-refractivity contribution in [3.63, 3.8) is 0 Å². The van der Waals surface area contributed by atoms with Crippen LogP contribution >= 0.6 is 0 Å². The smallest absolute Gasteiger partial charge is 0.0916 e. The van der Waals surface area contributed by atoms with E-state index in [0.29, 0.717) is 5.92 Å². The van der Waals surface area contributed by atoms with Crippen LogP contribution in [-0.2, 0) is 0 Å². The van der Waals surface area contributed by atoms with E-state index < -0.39 is 0 Å². The van der Waals surface area contributed by atoms with E-state index in [2.05, 4.69) is 61.0 Å². The highest BCUT2D eigenvalue weighted by molar-refractivity contribution is 5.94. The summed E-state index contributed by atoms with van der Waals surface area (Å²) in [6, 6.07) is 4.55. The minimum atomic E-state index is 0.260. The van der Waals surface area contributed by atoms with Crippen LogP contribution in [0.2, 0.25) is 0 Å². The number of fused-ring (bicyclic) bond motifs is 5. The number of benzene rings is 1. The molecule has 2 heteroatoms. The lowest BCUT2D eigenvalue weighted by Gasteiger charge is -2.09. The lowest BCUT2D eigenvalue weighted by atomic mass is 10.0. The van der Waals surface area contributed by atoms with Crippen LogP contribution in [0.25, 0.3) is 29.1 Å². The molecule has 21 heavy (non-hydrogen) atoms. The predicted molar refractivity (Wildman–Crippen MR) is 88.4 cm³/mol. The van der Waals surface area contributed by atoms with E-state index in [1.165, 1.54) is 16.5 Å². The number of aromatic nitrogens is 1. The van der Waals surface area contributed by atoms with Crippen molar-refractivity contribution in [2.75, 3.05) is 0 Å². The average molecular weight is 274 g/mol. The Labute approximate surface area is 123 Å². The molecule has 2 heterocycles.